The molecule has 0 heterocycles. The molecule has 0 aliphatic rings. The minimum Gasteiger partial charge on any atom is -0.492 e. The van der Waals surface area contributed by atoms with Gasteiger partial charge in [-0.2, -0.15) is 0 Å². The van der Waals surface area contributed by atoms with Crippen molar-refractivity contribution in [1.82, 2.24) is 0 Å². The van der Waals surface area contributed by atoms with Gasteiger partial charge >= 0.3 is 0 Å². The molecule has 9 nitrogen and oxygen atoms in total. The Hall–Kier alpha value is -4.92. The first-order valence-corrected chi connectivity index (χ1v) is 10.5. The molecular weight excluding hydrogens is 452 g/mol. The van der Waals surface area contributed by atoms with Gasteiger partial charge in [0.25, 0.3) is 11.4 Å². The lowest BCUT2D eigenvalue weighted by atomic mass is 10.0. The number of rotatable bonds is 8. The average Bonchev–Trinajstić information content (AvgIpc) is 2.88. The lowest BCUT2D eigenvalue weighted by molar-refractivity contribution is -0.384. The molecule has 0 radical (unpaired) electrons. The van der Waals surface area contributed by atoms with Crippen molar-refractivity contribution in [3.63, 3.8) is 0 Å². The normalized spacial score (nSPS) is 10.5. The number of benzene rings is 4. The molecule has 0 unspecified atom stereocenters. The molecule has 0 fully saturated rings. The zero-order chi connectivity index (χ0) is 24.9. The fourth-order valence-electron chi connectivity index (χ4n) is 3.88. The summed E-state index contributed by atoms with van der Waals surface area (Å²) >= 11 is 0. The molecule has 0 aliphatic carbocycles. The Morgan fingerprint density at radius 3 is 1.29 bits per heavy atom. The Kier molecular flexibility index (Phi) is 6.59. The zero-order valence-corrected chi connectivity index (χ0v) is 18.8. The van der Waals surface area contributed by atoms with Gasteiger partial charge in [-0.15, -0.1) is 0 Å². The van der Waals surface area contributed by atoms with E-state index in [2.05, 4.69) is 0 Å². The molecule has 0 aromatic heterocycles. The first-order valence-electron chi connectivity index (χ1n) is 10.5. The zero-order valence-electron chi connectivity index (χ0n) is 18.8. The number of hydrogen-bond donors (Lipinski definition) is 0. The van der Waals surface area contributed by atoms with Crippen molar-refractivity contribution in [3.8, 4) is 45.3 Å². The van der Waals surface area contributed by atoms with Crippen LogP contribution < -0.4 is 14.2 Å². The highest BCUT2D eigenvalue weighted by Gasteiger charge is 2.23. The van der Waals surface area contributed by atoms with Crippen molar-refractivity contribution < 1.29 is 24.1 Å². The van der Waals surface area contributed by atoms with Gasteiger partial charge < -0.3 is 14.2 Å². The van der Waals surface area contributed by atoms with Gasteiger partial charge in [0.15, 0.2) is 23.0 Å². The second-order valence-corrected chi connectivity index (χ2v) is 7.32. The van der Waals surface area contributed by atoms with E-state index in [0.717, 1.165) is 0 Å². The molecule has 0 aliphatic heterocycles. The van der Waals surface area contributed by atoms with Crippen LogP contribution in [0.25, 0.3) is 22.3 Å². The summed E-state index contributed by atoms with van der Waals surface area (Å²) in [6.07, 6.45) is 0. The van der Waals surface area contributed by atoms with Gasteiger partial charge in [0.1, 0.15) is 0 Å². The largest absolute Gasteiger partial charge is 0.492 e. The number of nitro benzene ring substituents is 2. The van der Waals surface area contributed by atoms with E-state index < -0.39 is 9.85 Å². The summed E-state index contributed by atoms with van der Waals surface area (Å²) in [5.74, 6) is 1.17. The van der Waals surface area contributed by atoms with E-state index in [-0.39, 0.29) is 11.4 Å². The van der Waals surface area contributed by atoms with E-state index in [4.69, 9.17) is 14.2 Å². The molecule has 0 bridgehead atoms. The first-order chi connectivity index (χ1) is 17.0. The summed E-state index contributed by atoms with van der Waals surface area (Å²) < 4.78 is 17.4. The second-order valence-electron chi connectivity index (χ2n) is 7.32. The predicted molar refractivity (Wildman–Crippen MR) is 130 cm³/mol. The summed E-state index contributed by atoms with van der Waals surface area (Å²) in [7, 11) is 2.89. The monoisotopic (exact) mass is 472 g/mol. The summed E-state index contributed by atoms with van der Waals surface area (Å²) in [5.41, 5.74) is 1.57. The predicted octanol–water partition coefficient (Wildman–Crippen LogP) is 6.65. The number of nitrogens with zero attached hydrogens (tertiary/aromatic N) is 2. The average molecular weight is 472 g/mol. The van der Waals surface area contributed by atoms with Gasteiger partial charge in [-0.3, -0.25) is 20.2 Å². The van der Waals surface area contributed by atoms with Gasteiger partial charge in [-0.05, 0) is 24.3 Å². The highest BCUT2D eigenvalue weighted by molar-refractivity contribution is 5.82. The summed E-state index contributed by atoms with van der Waals surface area (Å²) in [4.78, 5) is 22.2. The molecule has 0 spiro atoms. The van der Waals surface area contributed by atoms with E-state index in [9.17, 15) is 20.2 Å². The molecule has 0 saturated heterocycles. The molecular formula is C26H20N2O7. The third-order valence-electron chi connectivity index (χ3n) is 5.37. The molecule has 176 valence electrons. The fraction of sp³-hybridized carbons (Fsp3) is 0.0769. The maximum absolute atomic E-state index is 11.6. The fourth-order valence-corrected chi connectivity index (χ4v) is 3.88. The summed E-state index contributed by atoms with van der Waals surface area (Å²) in [6, 6.07) is 22.8. The molecule has 4 rings (SSSR count). The molecule has 9 heteroatoms. The van der Waals surface area contributed by atoms with Gasteiger partial charge in [0.05, 0.1) is 35.2 Å². The summed E-state index contributed by atoms with van der Waals surface area (Å²) in [5, 5.41) is 23.1. The maximum Gasteiger partial charge on any atom is 0.277 e. The number of hydrogen-bond acceptors (Lipinski definition) is 7. The molecule has 0 amide bonds. The highest BCUT2D eigenvalue weighted by Crippen LogP contribution is 2.47. The van der Waals surface area contributed by atoms with Crippen LogP contribution in [-0.2, 0) is 0 Å². The van der Waals surface area contributed by atoms with Gasteiger partial charge in [0.2, 0.25) is 0 Å². The third-order valence-corrected chi connectivity index (χ3v) is 5.37. The Balaban J connectivity index is 1.83. The molecule has 4 aromatic rings. The van der Waals surface area contributed by atoms with Crippen molar-refractivity contribution >= 4 is 11.4 Å². The SMILES string of the molecule is COc1c(Oc2cccc(-c3ccccc3[N+](=O)[O-])c2OC)cccc1-c1ccccc1[N+](=O)[O-]. The number of ether oxygens (including phenoxy) is 3. The van der Waals surface area contributed by atoms with Crippen molar-refractivity contribution in [3.05, 3.63) is 105 Å². The van der Waals surface area contributed by atoms with Crippen LogP contribution in [0.3, 0.4) is 0 Å². The van der Waals surface area contributed by atoms with E-state index in [0.29, 0.717) is 45.3 Å². The summed E-state index contributed by atoms with van der Waals surface area (Å²) in [6.45, 7) is 0. The molecule has 0 atom stereocenters. The van der Waals surface area contributed by atoms with Crippen molar-refractivity contribution in [2.24, 2.45) is 0 Å². The van der Waals surface area contributed by atoms with E-state index in [1.165, 1.54) is 26.4 Å². The maximum atomic E-state index is 11.6. The Labute approximate surface area is 200 Å². The Morgan fingerprint density at radius 1 is 0.543 bits per heavy atom. The number of para-hydroxylation sites is 4. The van der Waals surface area contributed by atoms with Crippen LogP contribution in [0, 0.1) is 20.2 Å². The van der Waals surface area contributed by atoms with E-state index in [1.807, 2.05) is 0 Å². The van der Waals surface area contributed by atoms with Gasteiger partial charge in [0, 0.05) is 23.3 Å². The minimum atomic E-state index is -0.457. The second kappa shape index (κ2) is 9.92. The minimum absolute atomic E-state index is 0.0704. The van der Waals surface area contributed by atoms with Gasteiger partial charge in [-0.25, -0.2) is 0 Å². The first kappa shape index (κ1) is 23.2. The lowest BCUT2D eigenvalue weighted by Gasteiger charge is -2.17. The highest BCUT2D eigenvalue weighted by atomic mass is 16.6. The van der Waals surface area contributed by atoms with Crippen LogP contribution in [-0.4, -0.2) is 24.1 Å². The van der Waals surface area contributed by atoms with Crippen LogP contribution in [0.1, 0.15) is 0 Å². The van der Waals surface area contributed by atoms with Crippen LogP contribution in [0.2, 0.25) is 0 Å². The van der Waals surface area contributed by atoms with Crippen LogP contribution in [0.4, 0.5) is 11.4 Å². The molecule has 4 aromatic carbocycles. The van der Waals surface area contributed by atoms with Crippen LogP contribution in [0.5, 0.6) is 23.0 Å². The van der Waals surface area contributed by atoms with Crippen LogP contribution >= 0.6 is 0 Å². The smallest absolute Gasteiger partial charge is 0.277 e. The van der Waals surface area contributed by atoms with Crippen molar-refractivity contribution in [2.75, 3.05) is 14.2 Å². The Bertz CT molecular complexity index is 1310. The third kappa shape index (κ3) is 4.47. The Morgan fingerprint density at radius 2 is 0.914 bits per heavy atom. The quantitative estimate of drug-likeness (QED) is 0.208. The standard InChI is InChI=1S/C26H20N2O7/c1-33-25-19(17-9-3-5-13-21(17)27(29)30)11-7-15-23(25)35-24-16-8-12-20(26(24)34-2)18-10-4-6-14-22(18)28(31)32/h3-16H,1-2H3. The topological polar surface area (TPSA) is 114 Å². The number of methoxy groups -OCH3 is 2. The number of nitro groups is 2. The van der Waals surface area contributed by atoms with Crippen molar-refractivity contribution in [1.29, 1.82) is 0 Å². The molecule has 0 saturated carbocycles. The van der Waals surface area contributed by atoms with E-state index in [1.54, 1.807) is 72.8 Å². The lowest BCUT2D eigenvalue weighted by Crippen LogP contribution is -1.98. The van der Waals surface area contributed by atoms with E-state index >= 15 is 0 Å². The van der Waals surface area contributed by atoms with Crippen LogP contribution in [0.15, 0.2) is 84.9 Å². The van der Waals surface area contributed by atoms with Gasteiger partial charge in [-0.1, -0.05) is 48.5 Å². The molecule has 0 N–H and O–H groups in total. The molecule has 35 heavy (non-hydrogen) atoms. The van der Waals surface area contributed by atoms with Crippen molar-refractivity contribution in [2.45, 2.75) is 0 Å².